The van der Waals surface area contributed by atoms with E-state index in [9.17, 15) is 19.2 Å². The standard InChI is InChI=1S/C23H21BrN2O7/c1-4-32-18-12-13(11-17(24)19(18)33-5-2)10-16-20(27)25-23(30)26(21(16)28)15-8-6-14(7-9-15)22(29)31-3/h6-12H,4-5H2,1-3H3,(H,25,27,30)/b16-10+. The van der Waals surface area contributed by atoms with Crippen LogP contribution in [-0.4, -0.2) is 44.1 Å². The van der Waals surface area contributed by atoms with Crippen molar-refractivity contribution in [1.82, 2.24) is 5.32 Å². The molecule has 1 fully saturated rings. The summed E-state index contributed by atoms with van der Waals surface area (Å²) in [6.45, 7) is 4.47. The van der Waals surface area contributed by atoms with Gasteiger partial charge in [-0.1, -0.05) is 0 Å². The highest BCUT2D eigenvalue weighted by Gasteiger charge is 2.37. The van der Waals surface area contributed by atoms with Gasteiger partial charge in [-0.3, -0.25) is 14.9 Å². The molecule has 0 atom stereocenters. The summed E-state index contributed by atoms with van der Waals surface area (Å²) in [5.41, 5.74) is 0.680. The van der Waals surface area contributed by atoms with Crippen molar-refractivity contribution in [1.29, 1.82) is 0 Å². The van der Waals surface area contributed by atoms with Crippen molar-refractivity contribution < 1.29 is 33.4 Å². The van der Waals surface area contributed by atoms with E-state index in [0.717, 1.165) is 4.90 Å². The van der Waals surface area contributed by atoms with Crippen LogP contribution in [-0.2, 0) is 14.3 Å². The van der Waals surface area contributed by atoms with Crippen LogP contribution >= 0.6 is 15.9 Å². The monoisotopic (exact) mass is 516 g/mol. The van der Waals surface area contributed by atoms with E-state index in [-0.39, 0.29) is 16.8 Å². The molecule has 9 nitrogen and oxygen atoms in total. The van der Waals surface area contributed by atoms with E-state index in [1.807, 2.05) is 13.8 Å². The van der Waals surface area contributed by atoms with E-state index < -0.39 is 23.8 Å². The van der Waals surface area contributed by atoms with Gasteiger partial charge in [0.2, 0.25) is 0 Å². The molecule has 33 heavy (non-hydrogen) atoms. The minimum absolute atomic E-state index is 0.187. The number of carbonyl (C=O) groups is 4. The minimum atomic E-state index is -0.893. The number of benzene rings is 2. The quantitative estimate of drug-likeness (QED) is 0.339. The lowest BCUT2D eigenvalue weighted by molar-refractivity contribution is -0.122. The van der Waals surface area contributed by atoms with Gasteiger partial charge < -0.3 is 14.2 Å². The van der Waals surface area contributed by atoms with Crippen LogP contribution in [0.1, 0.15) is 29.8 Å². The molecule has 1 aliphatic rings. The third-order valence-corrected chi connectivity index (χ3v) is 5.17. The van der Waals surface area contributed by atoms with Gasteiger partial charge in [0.1, 0.15) is 5.57 Å². The number of anilines is 1. The van der Waals surface area contributed by atoms with Crippen LogP contribution in [0.25, 0.3) is 6.08 Å². The number of nitrogens with zero attached hydrogens (tertiary/aromatic N) is 1. The predicted molar refractivity (Wildman–Crippen MR) is 123 cm³/mol. The van der Waals surface area contributed by atoms with Crippen LogP contribution in [0.2, 0.25) is 0 Å². The number of halogens is 1. The largest absolute Gasteiger partial charge is 0.490 e. The summed E-state index contributed by atoms with van der Waals surface area (Å²) in [4.78, 5) is 50.4. The Morgan fingerprint density at radius 1 is 1.06 bits per heavy atom. The Hall–Kier alpha value is -3.66. The van der Waals surface area contributed by atoms with E-state index in [4.69, 9.17) is 9.47 Å². The highest BCUT2D eigenvalue weighted by molar-refractivity contribution is 9.10. The number of nitrogens with one attached hydrogen (secondary N) is 1. The molecular weight excluding hydrogens is 496 g/mol. The molecular formula is C23H21BrN2O7. The average molecular weight is 517 g/mol. The van der Waals surface area contributed by atoms with Crippen LogP contribution < -0.4 is 19.7 Å². The van der Waals surface area contributed by atoms with Gasteiger partial charge in [-0.15, -0.1) is 0 Å². The van der Waals surface area contributed by atoms with Crippen molar-refractivity contribution in [2.45, 2.75) is 13.8 Å². The number of hydrogen-bond acceptors (Lipinski definition) is 7. The molecule has 1 N–H and O–H groups in total. The lowest BCUT2D eigenvalue weighted by Crippen LogP contribution is -2.54. The SMILES string of the molecule is CCOc1cc(/C=C2\C(=O)NC(=O)N(c3ccc(C(=O)OC)cc3)C2=O)cc(Br)c1OCC. The molecule has 4 amide bonds. The third kappa shape index (κ3) is 5.06. The summed E-state index contributed by atoms with van der Waals surface area (Å²) in [5.74, 6) is -1.25. The van der Waals surface area contributed by atoms with E-state index in [1.54, 1.807) is 12.1 Å². The predicted octanol–water partition coefficient (Wildman–Crippen LogP) is 3.70. The third-order valence-electron chi connectivity index (χ3n) is 4.58. The minimum Gasteiger partial charge on any atom is -0.490 e. The van der Waals surface area contributed by atoms with Gasteiger partial charge in [0.25, 0.3) is 11.8 Å². The Morgan fingerprint density at radius 3 is 2.33 bits per heavy atom. The van der Waals surface area contributed by atoms with Gasteiger partial charge in [-0.05, 0) is 77.8 Å². The molecule has 1 aliphatic heterocycles. The number of amides is 4. The van der Waals surface area contributed by atoms with E-state index in [1.165, 1.54) is 37.5 Å². The number of ether oxygens (including phenoxy) is 3. The van der Waals surface area contributed by atoms with E-state index in [2.05, 4.69) is 26.0 Å². The molecule has 10 heteroatoms. The van der Waals surface area contributed by atoms with Crippen LogP contribution in [0, 0.1) is 0 Å². The van der Waals surface area contributed by atoms with Gasteiger partial charge in [0, 0.05) is 0 Å². The fourth-order valence-corrected chi connectivity index (χ4v) is 3.72. The Morgan fingerprint density at radius 2 is 1.73 bits per heavy atom. The number of imide groups is 2. The smallest absolute Gasteiger partial charge is 0.337 e. The van der Waals surface area contributed by atoms with E-state index in [0.29, 0.717) is 34.7 Å². The van der Waals surface area contributed by atoms with Crippen molar-refractivity contribution in [3.8, 4) is 11.5 Å². The second-order valence-electron chi connectivity index (χ2n) is 6.69. The molecule has 0 aliphatic carbocycles. The first kappa shape index (κ1) is 24.0. The summed E-state index contributed by atoms with van der Waals surface area (Å²) >= 11 is 3.42. The number of rotatable bonds is 7. The number of carbonyl (C=O) groups excluding carboxylic acids is 4. The molecule has 1 saturated heterocycles. The molecule has 0 unspecified atom stereocenters. The highest BCUT2D eigenvalue weighted by Crippen LogP contribution is 2.37. The molecule has 1 heterocycles. The lowest BCUT2D eigenvalue weighted by Gasteiger charge is -2.26. The maximum Gasteiger partial charge on any atom is 0.337 e. The first-order valence-electron chi connectivity index (χ1n) is 9.99. The maximum absolute atomic E-state index is 13.1. The Kier molecular flexibility index (Phi) is 7.49. The van der Waals surface area contributed by atoms with Crippen LogP contribution in [0.3, 0.4) is 0 Å². The molecule has 0 bridgehead atoms. The normalized spacial score (nSPS) is 14.8. The lowest BCUT2D eigenvalue weighted by atomic mass is 10.1. The number of barbiturate groups is 1. The van der Waals surface area contributed by atoms with Crippen LogP contribution in [0.4, 0.5) is 10.5 Å². The molecule has 0 saturated carbocycles. The van der Waals surface area contributed by atoms with E-state index >= 15 is 0 Å². The van der Waals surface area contributed by atoms with Gasteiger partial charge in [-0.25, -0.2) is 14.5 Å². The topological polar surface area (TPSA) is 111 Å². The van der Waals surface area contributed by atoms with Gasteiger partial charge in [-0.2, -0.15) is 0 Å². The zero-order valence-electron chi connectivity index (χ0n) is 18.1. The van der Waals surface area contributed by atoms with Crippen molar-refractivity contribution in [3.63, 3.8) is 0 Å². The zero-order chi connectivity index (χ0) is 24.1. The van der Waals surface area contributed by atoms with Crippen molar-refractivity contribution in [2.75, 3.05) is 25.2 Å². The molecule has 172 valence electrons. The average Bonchev–Trinajstić information content (AvgIpc) is 2.79. The number of esters is 1. The van der Waals surface area contributed by atoms with Crippen molar-refractivity contribution in [2.24, 2.45) is 0 Å². The number of methoxy groups -OCH3 is 1. The Bertz CT molecular complexity index is 1140. The molecule has 2 aromatic rings. The Balaban J connectivity index is 1.99. The number of hydrogen-bond donors (Lipinski definition) is 1. The van der Waals surface area contributed by atoms with Gasteiger partial charge in [0.15, 0.2) is 11.5 Å². The fourth-order valence-electron chi connectivity index (χ4n) is 3.14. The van der Waals surface area contributed by atoms with Crippen LogP contribution in [0.15, 0.2) is 46.4 Å². The fraction of sp³-hybridized carbons (Fsp3) is 0.217. The summed E-state index contributed by atoms with van der Waals surface area (Å²) in [6.07, 6.45) is 1.36. The summed E-state index contributed by atoms with van der Waals surface area (Å²) in [6, 6.07) is 8.08. The second-order valence-corrected chi connectivity index (χ2v) is 7.55. The van der Waals surface area contributed by atoms with Gasteiger partial charge in [0.05, 0.1) is 36.0 Å². The van der Waals surface area contributed by atoms with Crippen molar-refractivity contribution in [3.05, 3.63) is 57.6 Å². The summed E-state index contributed by atoms with van der Waals surface area (Å²) in [5, 5.41) is 2.16. The zero-order valence-corrected chi connectivity index (χ0v) is 19.7. The first-order chi connectivity index (χ1) is 15.8. The maximum atomic E-state index is 13.1. The van der Waals surface area contributed by atoms with Gasteiger partial charge >= 0.3 is 12.0 Å². The Labute approximate surface area is 198 Å². The molecule has 0 spiro atoms. The summed E-state index contributed by atoms with van der Waals surface area (Å²) < 4.78 is 16.5. The molecule has 0 radical (unpaired) electrons. The first-order valence-corrected chi connectivity index (χ1v) is 10.8. The summed E-state index contributed by atoms with van der Waals surface area (Å²) in [7, 11) is 1.25. The second kappa shape index (κ2) is 10.3. The van der Waals surface area contributed by atoms with Crippen molar-refractivity contribution >= 4 is 51.5 Å². The molecule has 3 rings (SSSR count). The highest BCUT2D eigenvalue weighted by atomic mass is 79.9. The molecule has 0 aromatic heterocycles. The van der Waals surface area contributed by atoms with Crippen LogP contribution in [0.5, 0.6) is 11.5 Å². The molecule has 2 aromatic carbocycles. The number of urea groups is 1.